The quantitative estimate of drug-likeness (QED) is 0.582. The van der Waals surface area contributed by atoms with Gasteiger partial charge >= 0.3 is 0 Å². The van der Waals surface area contributed by atoms with Crippen LogP contribution < -0.4 is 0 Å². The third kappa shape index (κ3) is 1.89. The fraction of sp³-hybridized carbons (Fsp3) is 0.714. The number of allylic oxidation sites excluding steroid dienone is 4. The Labute approximate surface area is 92.3 Å². The topological polar surface area (TPSA) is 0 Å². The Hall–Kier alpha value is -0.590. The molecule has 0 aliphatic heterocycles. The van der Waals surface area contributed by atoms with E-state index in [2.05, 4.69) is 13.8 Å². The summed E-state index contributed by atoms with van der Waals surface area (Å²) >= 11 is 0. The molecular weight excluding hydrogens is 187 g/mol. The summed E-state index contributed by atoms with van der Waals surface area (Å²) in [5.74, 6) is 1.04. The minimum atomic E-state index is 0.123. The molecule has 0 aromatic carbocycles. The number of halogens is 1. The van der Waals surface area contributed by atoms with Crippen molar-refractivity contribution in [2.24, 2.45) is 11.8 Å². The summed E-state index contributed by atoms with van der Waals surface area (Å²) in [7, 11) is 0. The minimum absolute atomic E-state index is 0.123. The van der Waals surface area contributed by atoms with E-state index in [1.807, 2.05) is 6.92 Å². The zero-order chi connectivity index (χ0) is 11.0. The van der Waals surface area contributed by atoms with Crippen LogP contribution in [0.25, 0.3) is 0 Å². The average molecular weight is 208 g/mol. The Bertz CT molecular complexity index is 316. The molecule has 1 heteroatoms. The molecule has 15 heavy (non-hydrogen) atoms. The van der Waals surface area contributed by atoms with Crippen LogP contribution in [-0.4, -0.2) is 0 Å². The van der Waals surface area contributed by atoms with Gasteiger partial charge in [-0.15, -0.1) is 0 Å². The molecule has 0 saturated heterocycles. The summed E-state index contributed by atoms with van der Waals surface area (Å²) < 4.78 is 14.2. The Morgan fingerprint density at radius 2 is 1.73 bits per heavy atom. The van der Waals surface area contributed by atoms with Gasteiger partial charge in [0, 0.05) is 0 Å². The van der Waals surface area contributed by atoms with Crippen LogP contribution in [0, 0.1) is 11.8 Å². The smallest absolute Gasteiger partial charge is 0.125 e. The van der Waals surface area contributed by atoms with E-state index in [1.54, 1.807) is 0 Å². The van der Waals surface area contributed by atoms with Crippen LogP contribution in [0.4, 0.5) is 4.39 Å². The van der Waals surface area contributed by atoms with Crippen LogP contribution >= 0.6 is 0 Å². The summed E-state index contributed by atoms with van der Waals surface area (Å²) in [4.78, 5) is 0. The van der Waals surface area contributed by atoms with Gasteiger partial charge in [-0.3, -0.25) is 0 Å². The molecule has 0 N–H and O–H groups in total. The Kier molecular flexibility index (Phi) is 2.99. The Morgan fingerprint density at radius 1 is 1.13 bits per heavy atom. The van der Waals surface area contributed by atoms with Gasteiger partial charge in [0.05, 0.1) is 0 Å². The van der Waals surface area contributed by atoms with Crippen LogP contribution in [0.3, 0.4) is 0 Å². The molecule has 2 rings (SSSR count). The normalized spacial score (nSPS) is 29.2. The van der Waals surface area contributed by atoms with Crippen LogP contribution in [0.2, 0.25) is 0 Å². The van der Waals surface area contributed by atoms with E-state index in [4.69, 9.17) is 0 Å². The number of hydrogen-bond donors (Lipinski definition) is 0. The second kappa shape index (κ2) is 4.11. The van der Waals surface area contributed by atoms with E-state index in [1.165, 1.54) is 31.3 Å². The summed E-state index contributed by atoms with van der Waals surface area (Å²) in [5, 5.41) is 0. The van der Waals surface area contributed by atoms with Gasteiger partial charge in [0.1, 0.15) is 5.83 Å². The van der Waals surface area contributed by atoms with Crippen LogP contribution in [0.1, 0.15) is 52.9 Å². The van der Waals surface area contributed by atoms with Crippen LogP contribution in [-0.2, 0) is 0 Å². The number of rotatable bonds is 1. The Morgan fingerprint density at radius 3 is 2.33 bits per heavy atom. The van der Waals surface area contributed by atoms with Gasteiger partial charge < -0.3 is 0 Å². The van der Waals surface area contributed by atoms with Crippen molar-refractivity contribution in [3.8, 4) is 0 Å². The van der Waals surface area contributed by atoms with Gasteiger partial charge in [0.25, 0.3) is 0 Å². The summed E-state index contributed by atoms with van der Waals surface area (Å²) in [6, 6.07) is 0. The zero-order valence-electron chi connectivity index (χ0n) is 10.1. The molecule has 1 unspecified atom stereocenters. The highest BCUT2D eigenvalue weighted by Crippen LogP contribution is 2.43. The molecular formula is C14H21F. The summed E-state index contributed by atoms with van der Waals surface area (Å²) in [5.41, 5.74) is 3.35. The second-order valence-electron chi connectivity index (χ2n) is 5.28. The first-order valence-electron chi connectivity index (χ1n) is 6.17. The molecule has 0 amide bonds. The zero-order valence-corrected chi connectivity index (χ0v) is 10.1. The van der Waals surface area contributed by atoms with Crippen LogP contribution in [0.5, 0.6) is 0 Å². The molecule has 0 aromatic rings. The number of hydrogen-bond acceptors (Lipinski definition) is 0. The van der Waals surface area contributed by atoms with Gasteiger partial charge in [-0.05, 0) is 56.1 Å². The first kappa shape index (κ1) is 10.9. The molecule has 0 nitrogen and oxygen atoms in total. The minimum Gasteiger partial charge on any atom is -0.207 e. The van der Waals surface area contributed by atoms with Crippen molar-refractivity contribution in [1.29, 1.82) is 0 Å². The maximum absolute atomic E-state index is 14.2. The fourth-order valence-electron chi connectivity index (χ4n) is 3.08. The van der Waals surface area contributed by atoms with Crippen molar-refractivity contribution in [3.05, 3.63) is 22.5 Å². The average Bonchev–Trinajstić information content (AvgIpc) is 2.68. The highest BCUT2D eigenvalue weighted by atomic mass is 19.1. The van der Waals surface area contributed by atoms with Crippen molar-refractivity contribution < 1.29 is 4.39 Å². The summed E-state index contributed by atoms with van der Waals surface area (Å²) in [6.45, 7) is 6.21. The molecule has 2 aliphatic carbocycles. The molecule has 0 bridgehead atoms. The molecule has 1 atom stereocenters. The highest BCUT2D eigenvalue weighted by molar-refractivity contribution is 5.40. The third-order valence-electron chi connectivity index (χ3n) is 4.16. The van der Waals surface area contributed by atoms with Crippen molar-refractivity contribution in [2.75, 3.05) is 0 Å². The molecule has 0 spiro atoms. The maximum atomic E-state index is 14.2. The lowest BCUT2D eigenvalue weighted by atomic mass is 9.80. The summed E-state index contributed by atoms with van der Waals surface area (Å²) in [6.07, 6.45) is 6.02. The first-order chi connectivity index (χ1) is 7.11. The molecule has 0 radical (unpaired) electrons. The molecule has 0 aromatic heterocycles. The molecule has 1 fully saturated rings. The lowest BCUT2D eigenvalue weighted by Crippen LogP contribution is -2.13. The van der Waals surface area contributed by atoms with E-state index in [0.29, 0.717) is 11.8 Å². The standard InChI is InChI=1S/C14H21F/c1-9-8-10(2)13(14(15)11(9)3)12-6-4-5-7-12/h9,12H,4-8H2,1-3H3. The van der Waals surface area contributed by atoms with Crippen molar-refractivity contribution in [2.45, 2.75) is 52.9 Å². The van der Waals surface area contributed by atoms with E-state index >= 15 is 0 Å². The SMILES string of the molecule is CC1=C(C2CCCC2)C(F)=C(C)C(C)C1. The van der Waals surface area contributed by atoms with Crippen molar-refractivity contribution in [3.63, 3.8) is 0 Å². The molecule has 2 aliphatic rings. The largest absolute Gasteiger partial charge is 0.207 e. The van der Waals surface area contributed by atoms with Crippen molar-refractivity contribution in [1.82, 2.24) is 0 Å². The molecule has 0 heterocycles. The van der Waals surface area contributed by atoms with Gasteiger partial charge in [0.15, 0.2) is 0 Å². The van der Waals surface area contributed by atoms with Crippen molar-refractivity contribution >= 4 is 0 Å². The highest BCUT2D eigenvalue weighted by Gasteiger charge is 2.29. The molecule has 1 saturated carbocycles. The lowest BCUT2D eigenvalue weighted by molar-refractivity contribution is 0.505. The van der Waals surface area contributed by atoms with Gasteiger partial charge in [-0.1, -0.05) is 25.3 Å². The van der Waals surface area contributed by atoms with Gasteiger partial charge in [-0.25, -0.2) is 4.39 Å². The first-order valence-corrected chi connectivity index (χ1v) is 6.17. The van der Waals surface area contributed by atoms with Gasteiger partial charge in [0.2, 0.25) is 0 Å². The second-order valence-corrected chi connectivity index (χ2v) is 5.28. The fourth-order valence-corrected chi connectivity index (χ4v) is 3.08. The van der Waals surface area contributed by atoms with Crippen LogP contribution in [0.15, 0.2) is 22.5 Å². The molecule has 84 valence electrons. The predicted octanol–water partition coefficient (Wildman–Crippen LogP) is 4.78. The van der Waals surface area contributed by atoms with E-state index < -0.39 is 0 Å². The third-order valence-corrected chi connectivity index (χ3v) is 4.16. The van der Waals surface area contributed by atoms with E-state index in [-0.39, 0.29) is 5.83 Å². The van der Waals surface area contributed by atoms with E-state index in [9.17, 15) is 4.39 Å². The van der Waals surface area contributed by atoms with E-state index in [0.717, 1.165) is 17.6 Å². The monoisotopic (exact) mass is 208 g/mol. The Balaban J connectivity index is 2.32. The maximum Gasteiger partial charge on any atom is 0.125 e. The predicted molar refractivity (Wildman–Crippen MR) is 62.2 cm³/mol. The lowest BCUT2D eigenvalue weighted by Gasteiger charge is -2.27. The van der Waals surface area contributed by atoms with Gasteiger partial charge in [-0.2, -0.15) is 0 Å².